The van der Waals surface area contributed by atoms with Crippen LogP contribution < -0.4 is 4.90 Å². The summed E-state index contributed by atoms with van der Waals surface area (Å²) in [7, 11) is 0. The molecule has 1 aliphatic heterocycles. The van der Waals surface area contributed by atoms with E-state index in [4.69, 9.17) is 0 Å². The molecule has 3 aromatic rings. The minimum Gasteiger partial charge on any atom is -0.344 e. The van der Waals surface area contributed by atoms with Crippen molar-refractivity contribution < 1.29 is 9.18 Å². The summed E-state index contributed by atoms with van der Waals surface area (Å²) in [6, 6.07) is 7.98. The van der Waals surface area contributed by atoms with Crippen molar-refractivity contribution in [1.82, 2.24) is 14.9 Å². The molecular weight excluding hydrogens is 407 g/mol. The number of hydrogen-bond donors (Lipinski definition) is 0. The number of benzene rings is 1. The number of aromatic nitrogens is 2. The van der Waals surface area contributed by atoms with Crippen molar-refractivity contribution in [3.05, 3.63) is 52.4 Å². The third-order valence-corrected chi connectivity index (χ3v) is 5.85. The van der Waals surface area contributed by atoms with Crippen LogP contribution in [0.15, 0.2) is 41.0 Å². The van der Waals surface area contributed by atoms with E-state index in [1.807, 2.05) is 12.1 Å². The van der Waals surface area contributed by atoms with E-state index in [2.05, 4.69) is 30.8 Å². The molecule has 0 spiro atoms. The van der Waals surface area contributed by atoms with Crippen molar-refractivity contribution in [1.29, 1.82) is 0 Å². The third kappa shape index (κ3) is 3.23. The van der Waals surface area contributed by atoms with Gasteiger partial charge in [-0.15, -0.1) is 0 Å². The molecule has 128 valence electrons. The number of piperazine rings is 1. The van der Waals surface area contributed by atoms with Gasteiger partial charge in [0.1, 0.15) is 16.2 Å². The topological polar surface area (TPSA) is 49.3 Å². The van der Waals surface area contributed by atoms with E-state index in [9.17, 15) is 9.18 Å². The van der Waals surface area contributed by atoms with Crippen molar-refractivity contribution in [3.8, 4) is 0 Å². The number of amides is 1. The summed E-state index contributed by atoms with van der Waals surface area (Å²) >= 11 is 4.83. The molecule has 0 aliphatic carbocycles. The SMILES string of the molecule is O=C(c1ccc(F)cc1Br)N1CCN(c2nc3cccnc3s2)CC1. The van der Waals surface area contributed by atoms with Gasteiger partial charge in [0.15, 0.2) is 5.13 Å². The maximum atomic E-state index is 13.2. The summed E-state index contributed by atoms with van der Waals surface area (Å²) in [6.45, 7) is 2.63. The molecule has 1 aliphatic rings. The van der Waals surface area contributed by atoms with Gasteiger partial charge in [0, 0.05) is 36.8 Å². The number of carbonyl (C=O) groups excluding carboxylic acids is 1. The van der Waals surface area contributed by atoms with E-state index < -0.39 is 0 Å². The second-order valence-electron chi connectivity index (χ2n) is 5.73. The molecule has 25 heavy (non-hydrogen) atoms. The second kappa shape index (κ2) is 6.68. The molecule has 1 amide bonds. The first-order valence-electron chi connectivity index (χ1n) is 7.82. The number of hydrogen-bond acceptors (Lipinski definition) is 5. The Labute approximate surface area is 156 Å². The van der Waals surface area contributed by atoms with Crippen molar-refractivity contribution in [3.63, 3.8) is 0 Å². The number of nitrogens with zero attached hydrogens (tertiary/aromatic N) is 4. The van der Waals surface area contributed by atoms with Crippen LogP contribution in [0.3, 0.4) is 0 Å². The van der Waals surface area contributed by atoms with E-state index in [-0.39, 0.29) is 11.7 Å². The largest absolute Gasteiger partial charge is 0.344 e. The number of carbonyl (C=O) groups is 1. The van der Waals surface area contributed by atoms with Crippen LogP contribution in [0.25, 0.3) is 10.3 Å². The van der Waals surface area contributed by atoms with Gasteiger partial charge in [-0.05, 0) is 46.3 Å². The van der Waals surface area contributed by atoms with Gasteiger partial charge < -0.3 is 9.80 Å². The lowest BCUT2D eigenvalue weighted by Crippen LogP contribution is -2.48. The number of anilines is 1. The fraction of sp³-hybridized carbons (Fsp3) is 0.235. The standard InChI is InChI=1S/C17H14BrFN4OS/c18-13-10-11(19)3-4-12(13)16(24)22-6-8-23(9-7-22)17-21-14-2-1-5-20-15(14)25-17/h1-5,10H,6-9H2. The Morgan fingerprint density at radius 1 is 1.20 bits per heavy atom. The molecule has 1 aromatic carbocycles. The molecule has 1 saturated heterocycles. The third-order valence-electron chi connectivity index (χ3n) is 4.15. The van der Waals surface area contributed by atoms with E-state index in [1.165, 1.54) is 18.2 Å². The average Bonchev–Trinajstić information content (AvgIpc) is 3.05. The lowest BCUT2D eigenvalue weighted by molar-refractivity contribution is 0.0746. The fourth-order valence-electron chi connectivity index (χ4n) is 2.83. The Balaban J connectivity index is 1.46. The zero-order valence-electron chi connectivity index (χ0n) is 13.2. The number of pyridine rings is 1. The van der Waals surface area contributed by atoms with Crippen molar-refractivity contribution >= 4 is 48.7 Å². The number of fused-ring (bicyclic) bond motifs is 1. The summed E-state index contributed by atoms with van der Waals surface area (Å²) < 4.78 is 13.7. The predicted octanol–water partition coefficient (Wildman–Crippen LogP) is 3.56. The summed E-state index contributed by atoms with van der Waals surface area (Å²) in [4.78, 5) is 26.5. The molecule has 0 radical (unpaired) electrons. The van der Waals surface area contributed by atoms with Crippen LogP contribution in [-0.2, 0) is 0 Å². The van der Waals surface area contributed by atoms with Gasteiger partial charge in [-0.25, -0.2) is 14.4 Å². The maximum Gasteiger partial charge on any atom is 0.255 e. The Morgan fingerprint density at radius 3 is 2.72 bits per heavy atom. The first kappa shape index (κ1) is 16.4. The highest BCUT2D eigenvalue weighted by Gasteiger charge is 2.25. The Morgan fingerprint density at radius 2 is 2.00 bits per heavy atom. The number of thiazole rings is 1. The van der Waals surface area contributed by atoms with E-state index in [0.717, 1.165) is 15.5 Å². The average molecular weight is 421 g/mol. The summed E-state index contributed by atoms with van der Waals surface area (Å²) in [5.74, 6) is -0.449. The molecule has 0 N–H and O–H groups in total. The van der Waals surface area contributed by atoms with Gasteiger partial charge in [0.25, 0.3) is 5.91 Å². The molecule has 2 aromatic heterocycles. The first-order valence-corrected chi connectivity index (χ1v) is 9.43. The van der Waals surface area contributed by atoms with Crippen LogP contribution >= 0.6 is 27.3 Å². The molecule has 0 bridgehead atoms. The van der Waals surface area contributed by atoms with Crippen LogP contribution in [-0.4, -0.2) is 47.0 Å². The quantitative estimate of drug-likeness (QED) is 0.635. The van der Waals surface area contributed by atoms with E-state index >= 15 is 0 Å². The van der Waals surface area contributed by atoms with Crippen molar-refractivity contribution in [2.75, 3.05) is 31.1 Å². The molecule has 0 atom stereocenters. The van der Waals surface area contributed by atoms with Crippen LogP contribution in [0.1, 0.15) is 10.4 Å². The van der Waals surface area contributed by atoms with Crippen LogP contribution in [0, 0.1) is 5.82 Å². The number of rotatable bonds is 2. The van der Waals surface area contributed by atoms with E-state index in [1.54, 1.807) is 22.4 Å². The normalized spacial score (nSPS) is 15.0. The minimum atomic E-state index is -0.363. The van der Waals surface area contributed by atoms with Crippen LogP contribution in [0.5, 0.6) is 0 Å². The second-order valence-corrected chi connectivity index (χ2v) is 7.54. The lowest BCUT2D eigenvalue weighted by Gasteiger charge is -2.34. The molecule has 4 rings (SSSR count). The highest BCUT2D eigenvalue weighted by molar-refractivity contribution is 9.10. The van der Waals surface area contributed by atoms with E-state index in [0.29, 0.717) is 36.2 Å². The predicted molar refractivity (Wildman–Crippen MR) is 99.6 cm³/mol. The van der Waals surface area contributed by atoms with Crippen LogP contribution in [0.2, 0.25) is 0 Å². The molecule has 0 saturated carbocycles. The maximum absolute atomic E-state index is 13.2. The summed E-state index contributed by atoms with van der Waals surface area (Å²) in [5, 5.41) is 0.934. The van der Waals surface area contributed by atoms with Gasteiger partial charge in [0.2, 0.25) is 0 Å². The van der Waals surface area contributed by atoms with Crippen LogP contribution in [0.4, 0.5) is 9.52 Å². The van der Waals surface area contributed by atoms with Gasteiger partial charge >= 0.3 is 0 Å². The first-order chi connectivity index (χ1) is 12.1. The minimum absolute atomic E-state index is 0.0857. The highest BCUT2D eigenvalue weighted by Crippen LogP contribution is 2.28. The fourth-order valence-corrected chi connectivity index (χ4v) is 4.31. The number of halogens is 2. The molecular formula is C17H14BrFN4OS. The summed E-state index contributed by atoms with van der Waals surface area (Å²) in [5.41, 5.74) is 1.38. The molecule has 1 fully saturated rings. The van der Waals surface area contributed by atoms with Gasteiger partial charge in [-0.1, -0.05) is 11.3 Å². The smallest absolute Gasteiger partial charge is 0.255 e. The molecule has 8 heteroatoms. The zero-order valence-corrected chi connectivity index (χ0v) is 15.6. The molecule has 5 nitrogen and oxygen atoms in total. The Hall–Kier alpha value is -2.06. The molecule has 0 unspecified atom stereocenters. The Kier molecular flexibility index (Phi) is 4.39. The lowest BCUT2D eigenvalue weighted by atomic mass is 10.2. The van der Waals surface area contributed by atoms with Gasteiger partial charge in [0.05, 0.1) is 5.56 Å². The Bertz CT molecular complexity index is 906. The monoisotopic (exact) mass is 420 g/mol. The zero-order chi connectivity index (χ0) is 17.4. The van der Waals surface area contributed by atoms with Crippen molar-refractivity contribution in [2.24, 2.45) is 0 Å². The summed E-state index contributed by atoms with van der Waals surface area (Å²) in [6.07, 6.45) is 1.77. The highest BCUT2D eigenvalue weighted by atomic mass is 79.9. The van der Waals surface area contributed by atoms with Gasteiger partial charge in [-0.2, -0.15) is 0 Å². The van der Waals surface area contributed by atoms with Crippen molar-refractivity contribution in [2.45, 2.75) is 0 Å². The molecule has 3 heterocycles. The van der Waals surface area contributed by atoms with Gasteiger partial charge in [-0.3, -0.25) is 4.79 Å².